The van der Waals surface area contributed by atoms with Crippen LogP contribution in [0.15, 0.2) is 71.5 Å². The van der Waals surface area contributed by atoms with E-state index < -0.39 is 0 Å². The number of nitrogens with zero attached hydrogens (tertiary/aromatic N) is 3. The second kappa shape index (κ2) is 7.58. The summed E-state index contributed by atoms with van der Waals surface area (Å²) in [4.78, 5) is 23.9. The molecule has 0 aliphatic rings. The number of anilines is 1. The van der Waals surface area contributed by atoms with E-state index in [-0.39, 0.29) is 5.91 Å². The van der Waals surface area contributed by atoms with Crippen molar-refractivity contribution >= 4 is 48.5 Å². The van der Waals surface area contributed by atoms with Gasteiger partial charge in [-0.3, -0.25) is 14.7 Å². The molecule has 4 rings (SSSR count). The van der Waals surface area contributed by atoms with Crippen molar-refractivity contribution in [2.45, 2.75) is 13.5 Å². The highest BCUT2D eigenvalue weighted by atomic mass is 79.9. The molecule has 0 N–H and O–H groups in total. The molecular formula is C21H16BrN3OS. The average molecular weight is 438 g/mol. The lowest BCUT2D eigenvalue weighted by atomic mass is 10.1. The molecule has 2 heterocycles. The Balaban J connectivity index is 1.76. The molecule has 0 atom stereocenters. The molecule has 2 aromatic heterocycles. The fourth-order valence-corrected chi connectivity index (χ4v) is 4.27. The third-order valence-corrected chi connectivity index (χ3v) is 5.71. The number of hydrogen-bond acceptors (Lipinski definition) is 4. The first-order chi connectivity index (χ1) is 13.1. The number of aryl methyl sites for hydroxylation is 1. The van der Waals surface area contributed by atoms with Gasteiger partial charge in [0.15, 0.2) is 5.13 Å². The van der Waals surface area contributed by atoms with Gasteiger partial charge in [0.1, 0.15) is 0 Å². The maximum Gasteiger partial charge on any atom is 0.260 e. The van der Waals surface area contributed by atoms with Crippen molar-refractivity contribution in [2.75, 3.05) is 4.90 Å². The van der Waals surface area contributed by atoms with Crippen molar-refractivity contribution in [3.8, 4) is 0 Å². The van der Waals surface area contributed by atoms with Crippen LogP contribution in [0.5, 0.6) is 0 Å². The summed E-state index contributed by atoms with van der Waals surface area (Å²) in [5.74, 6) is -0.0722. The number of amides is 1. The monoisotopic (exact) mass is 437 g/mol. The Hall–Kier alpha value is -2.57. The maximum atomic E-state index is 13.3. The Morgan fingerprint density at radius 1 is 1.15 bits per heavy atom. The summed E-state index contributed by atoms with van der Waals surface area (Å²) >= 11 is 5.00. The van der Waals surface area contributed by atoms with Crippen molar-refractivity contribution in [3.63, 3.8) is 0 Å². The zero-order chi connectivity index (χ0) is 18.8. The van der Waals surface area contributed by atoms with Crippen LogP contribution in [0, 0.1) is 6.92 Å². The van der Waals surface area contributed by atoms with E-state index in [1.807, 2.05) is 61.5 Å². The lowest BCUT2D eigenvalue weighted by Crippen LogP contribution is -2.30. The van der Waals surface area contributed by atoms with Gasteiger partial charge in [-0.15, -0.1) is 0 Å². The van der Waals surface area contributed by atoms with Gasteiger partial charge in [-0.2, -0.15) is 0 Å². The second-order valence-corrected chi connectivity index (χ2v) is 8.15. The van der Waals surface area contributed by atoms with E-state index >= 15 is 0 Å². The smallest absolute Gasteiger partial charge is 0.260 e. The van der Waals surface area contributed by atoms with Gasteiger partial charge in [0.05, 0.1) is 16.8 Å². The van der Waals surface area contributed by atoms with E-state index in [0.29, 0.717) is 17.2 Å². The van der Waals surface area contributed by atoms with Crippen molar-refractivity contribution in [1.29, 1.82) is 0 Å². The number of fused-ring (bicyclic) bond motifs is 1. The lowest BCUT2D eigenvalue weighted by molar-refractivity contribution is 0.0985. The van der Waals surface area contributed by atoms with Gasteiger partial charge in [0, 0.05) is 22.4 Å². The number of pyridine rings is 1. The SMILES string of the molecule is Cc1ccc(C(=O)N(Cc2cccnc2)c2nc3ccc(Br)cc3s2)cc1. The maximum absolute atomic E-state index is 13.3. The minimum atomic E-state index is -0.0722. The van der Waals surface area contributed by atoms with Crippen LogP contribution in [0.2, 0.25) is 0 Å². The van der Waals surface area contributed by atoms with E-state index in [1.165, 1.54) is 11.3 Å². The van der Waals surface area contributed by atoms with Crippen LogP contribution >= 0.6 is 27.3 Å². The van der Waals surface area contributed by atoms with E-state index in [0.717, 1.165) is 25.8 Å². The van der Waals surface area contributed by atoms with Gasteiger partial charge in [-0.05, 0) is 48.9 Å². The van der Waals surface area contributed by atoms with E-state index in [9.17, 15) is 4.79 Å². The Labute approximate surface area is 169 Å². The van der Waals surface area contributed by atoms with Crippen molar-refractivity contribution in [3.05, 3.63) is 88.2 Å². The van der Waals surface area contributed by atoms with Gasteiger partial charge in [-0.25, -0.2) is 4.98 Å². The molecule has 134 valence electrons. The van der Waals surface area contributed by atoms with Crippen LogP contribution in [-0.2, 0) is 6.54 Å². The Kier molecular flexibility index (Phi) is 5.01. The predicted molar refractivity (Wildman–Crippen MR) is 113 cm³/mol. The van der Waals surface area contributed by atoms with E-state index in [2.05, 4.69) is 20.9 Å². The first kappa shape index (κ1) is 17.8. The van der Waals surface area contributed by atoms with Crippen molar-refractivity contribution in [2.24, 2.45) is 0 Å². The quantitative estimate of drug-likeness (QED) is 0.416. The zero-order valence-corrected chi connectivity index (χ0v) is 17.0. The topological polar surface area (TPSA) is 46.1 Å². The molecule has 0 saturated heterocycles. The summed E-state index contributed by atoms with van der Waals surface area (Å²) < 4.78 is 2.03. The van der Waals surface area contributed by atoms with Crippen LogP contribution in [0.3, 0.4) is 0 Å². The summed E-state index contributed by atoms with van der Waals surface area (Å²) in [6.45, 7) is 2.43. The number of hydrogen-bond donors (Lipinski definition) is 0. The molecule has 0 unspecified atom stereocenters. The Morgan fingerprint density at radius 3 is 2.70 bits per heavy atom. The largest absolute Gasteiger partial charge is 0.279 e. The average Bonchev–Trinajstić information content (AvgIpc) is 3.10. The standard InChI is InChI=1S/C21H16BrN3OS/c1-14-4-6-16(7-5-14)20(26)25(13-15-3-2-10-23-12-15)21-24-18-9-8-17(22)11-19(18)27-21/h2-12H,13H2,1H3. The molecule has 6 heteroatoms. The summed E-state index contributed by atoms with van der Waals surface area (Å²) in [5, 5.41) is 0.678. The fourth-order valence-electron chi connectivity index (χ4n) is 2.75. The van der Waals surface area contributed by atoms with Gasteiger partial charge < -0.3 is 0 Å². The summed E-state index contributed by atoms with van der Waals surface area (Å²) in [6.07, 6.45) is 3.50. The van der Waals surface area contributed by atoms with E-state index in [1.54, 1.807) is 17.3 Å². The molecule has 4 aromatic rings. The first-order valence-electron chi connectivity index (χ1n) is 8.44. The first-order valence-corrected chi connectivity index (χ1v) is 10.0. The van der Waals surface area contributed by atoms with Gasteiger partial charge in [0.25, 0.3) is 5.91 Å². The number of carbonyl (C=O) groups excluding carboxylic acids is 1. The highest BCUT2D eigenvalue weighted by Gasteiger charge is 2.22. The molecule has 0 fully saturated rings. The predicted octanol–water partition coefficient (Wildman–Crippen LogP) is 5.61. The number of aromatic nitrogens is 2. The number of thiazole rings is 1. The van der Waals surface area contributed by atoms with Gasteiger partial charge in [0.2, 0.25) is 0 Å². The van der Waals surface area contributed by atoms with Crippen LogP contribution in [0.4, 0.5) is 5.13 Å². The zero-order valence-electron chi connectivity index (χ0n) is 14.6. The Morgan fingerprint density at radius 2 is 1.96 bits per heavy atom. The molecule has 4 nitrogen and oxygen atoms in total. The molecule has 0 radical (unpaired) electrons. The molecule has 0 bridgehead atoms. The summed E-state index contributed by atoms with van der Waals surface area (Å²) in [7, 11) is 0. The fraction of sp³-hybridized carbons (Fsp3) is 0.0952. The van der Waals surface area contributed by atoms with Crippen molar-refractivity contribution < 1.29 is 4.79 Å². The second-order valence-electron chi connectivity index (χ2n) is 6.23. The van der Waals surface area contributed by atoms with Crippen LogP contribution in [0.1, 0.15) is 21.5 Å². The van der Waals surface area contributed by atoms with E-state index in [4.69, 9.17) is 4.98 Å². The van der Waals surface area contributed by atoms with Crippen LogP contribution in [0.25, 0.3) is 10.2 Å². The molecular weight excluding hydrogens is 422 g/mol. The molecule has 0 saturated carbocycles. The molecule has 0 aliphatic heterocycles. The third kappa shape index (κ3) is 3.91. The number of halogens is 1. The highest BCUT2D eigenvalue weighted by molar-refractivity contribution is 9.10. The van der Waals surface area contributed by atoms with Gasteiger partial charge >= 0.3 is 0 Å². The lowest BCUT2D eigenvalue weighted by Gasteiger charge is -2.20. The molecule has 0 aliphatic carbocycles. The summed E-state index contributed by atoms with van der Waals surface area (Å²) in [6, 6.07) is 17.4. The minimum Gasteiger partial charge on any atom is -0.279 e. The number of benzene rings is 2. The normalized spacial score (nSPS) is 10.9. The number of rotatable bonds is 4. The molecule has 27 heavy (non-hydrogen) atoms. The molecule has 2 aromatic carbocycles. The Bertz CT molecular complexity index is 1090. The third-order valence-electron chi connectivity index (χ3n) is 4.18. The summed E-state index contributed by atoms with van der Waals surface area (Å²) in [5.41, 5.74) is 3.60. The van der Waals surface area contributed by atoms with Crippen molar-refractivity contribution in [1.82, 2.24) is 9.97 Å². The van der Waals surface area contributed by atoms with Crippen LogP contribution in [-0.4, -0.2) is 15.9 Å². The molecule has 0 spiro atoms. The number of carbonyl (C=O) groups is 1. The van der Waals surface area contributed by atoms with Gasteiger partial charge in [-0.1, -0.05) is 51.0 Å². The minimum absolute atomic E-state index is 0.0722. The molecule has 1 amide bonds. The highest BCUT2D eigenvalue weighted by Crippen LogP contribution is 2.32. The van der Waals surface area contributed by atoms with Crippen LogP contribution < -0.4 is 4.90 Å².